The highest BCUT2D eigenvalue weighted by molar-refractivity contribution is 5.94. The molecule has 13 nitrogen and oxygen atoms in total. The first-order chi connectivity index (χ1) is 20.3. The van der Waals surface area contributed by atoms with Gasteiger partial charge >= 0.3 is 11.9 Å². The van der Waals surface area contributed by atoms with Crippen LogP contribution in [-0.4, -0.2) is 74.1 Å². The van der Waals surface area contributed by atoms with Crippen LogP contribution in [0.3, 0.4) is 0 Å². The highest BCUT2D eigenvalue weighted by Gasteiger charge is 2.32. The van der Waals surface area contributed by atoms with E-state index in [4.69, 9.17) is 5.73 Å². The molecule has 43 heavy (non-hydrogen) atoms. The Bertz CT molecular complexity index is 1450. The molecule has 13 heteroatoms. The highest BCUT2D eigenvalue weighted by Crippen LogP contribution is 2.19. The summed E-state index contributed by atoms with van der Waals surface area (Å²) in [6.45, 7) is 3.28. The third-order valence-corrected chi connectivity index (χ3v) is 6.97. The largest absolute Gasteiger partial charge is 0.508 e. The van der Waals surface area contributed by atoms with Gasteiger partial charge in [-0.05, 0) is 48.1 Å². The van der Waals surface area contributed by atoms with Crippen LogP contribution in [0.2, 0.25) is 0 Å². The summed E-state index contributed by atoms with van der Waals surface area (Å²) in [6, 6.07) is 8.41. The quantitative estimate of drug-likeness (QED) is 0.125. The molecule has 0 aliphatic rings. The van der Waals surface area contributed by atoms with Crippen molar-refractivity contribution in [3.63, 3.8) is 0 Å². The van der Waals surface area contributed by atoms with Crippen molar-refractivity contribution in [1.29, 1.82) is 0 Å². The number of aromatic amines is 1. The van der Waals surface area contributed by atoms with Gasteiger partial charge in [-0.15, -0.1) is 0 Å². The van der Waals surface area contributed by atoms with Crippen molar-refractivity contribution < 1.29 is 39.3 Å². The molecular weight excluding hydrogens is 558 g/mol. The van der Waals surface area contributed by atoms with E-state index >= 15 is 0 Å². The van der Waals surface area contributed by atoms with E-state index in [-0.39, 0.29) is 25.0 Å². The number of aliphatic carboxylic acids is 2. The van der Waals surface area contributed by atoms with Crippen LogP contribution >= 0.6 is 0 Å². The Morgan fingerprint density at radius 3 is 2.12 bits per heavy atom. The lowest BCUT2D eigenvalue weighted by atomic mass is 10.00. The molecule has 0 bridgehead atoms. The molecule has 0 saturated carbocycles. The van der Waals surface area contributed by atoms with Crippen LogP contribution in [0, 0.1) is 5.92 Å². The Morgan fingerprint density at radius 2 is 1.49 bits per heavy atom. The number of aromatic hydroxyl groups is 1. The van der Waals surface area contributed by atoms with E-state index in [1.165, 1.54) is 24.3 Å². The fourth-order valence-electron chi connectivity index (χ4n) is 4.56. The Labute approximate surface area is 247 Å². The molecule has 0 aliphatic carbocycles. The molecule has 0 fully saturated rings. The van der Waals surface area contributed by atoms with E-state index in [9.17, 15) is 39.3 Å². The van der Waals surface area contributed by atoms with E-state index in [0.29, 0.717) is 5.56 Å². The predicted molar refractivity (Wildman–Crippen MR) is 157 cm³/mol. The number of benzene rings is 2. The first-order valence-corrected chi connectivity index (χ1v) is 13.8. The zero-order valence-electron chi connectivity index (χ0n) is 23.9. The minimum Gasteiger partial charge on any atom is -0.508 e. The zero-order chi connectivity index (χ0) is 31.7. The van der Waals surface area contributed by atoms with E-state index in [1.54, 1.807) is 20.0 Å². The fourth-order valence-corrected chi connectivity index (χ4v) is 4.56. The first-order valence-electron chi connectivity index (χ1n) is 13.8. The summed E-state index contributed by atoms with van der Waals surface area (Å²) in [7, 11) is 0. The van der Waals surface area contributed by atoms with Gasteiger partial charge in [0.25, 0.3) is 0 Å². The van der Waals surface area contributed by atoms with Crippen molar-refractivity contribution in [3.8, 4) is 5.75 Å². The van der Waals surface area contributed by atoms with Crippen LogP contribution in [0.1, 0.15) is 37.8 Å². The number of nitrogens with two attached hydrogens (primary N) is 1. The molecule has 0 spiro atoms. The second-order valence-corrected chi connectivity index (χ2v) is 10.7. The summed E-state index contributed by atoms with van der Waals surface area (Å²) in [5.41, 5.74) is 8.36. The first kappa shape index (κ1) is 32.6. The summed E-state index contributed by atoms with van der Waals surface area (Å²) in [6.07, 6.45) is 1.11. The normalized spacial score (nSPS) is 14.0. The standard InChI is InChI=1S/C30H37N5O8/c1-16(2)26(29(41)34-24(30(42)43)13-17-7-9-19(36)10-8-17)35-28(40)23(11-12-25(37)38)33-27(39)21(31)14-18-15-32-22-6-4-3-5-20(18)22/h3-10,15-16,21,23-24,26,32,36H,11-14,31H2,1-2H3,(H,33,39)(H,34,41)(H,35,40)(H,37,38)(H,42,43). The maximum Gasteiger partial charge on any atom is 0.326 e. The third-order valence-electron chi connectivity index (χ3n) is 6.97. The van der Waals surface area contributed by atoms with Gasteiger partial charge in [-0.25, -0.2) is 4.79 Å². The molecule has 0 aliphatic heterocycles. The van der Waals surface area contributed by atoms with Gasteiger partial charge in [-0.3, -0.25) is 19.2 Å². The van der Waals surface area contributed by atoms with Crippen LogP contribution in [-0.2, 0) is 36.8 Å². The minimum atomic E-state index is -1.33. The Balaban J connectivity index is 1.69. The Morgan fingerprint density at radius 1 is 0.837 bits per heavy atom. The highest BCUT2D eigenvalue weighted by atomic mass is 16.4. The summed E-state index contributed by atoms with van der Waals surface area (Å²) >= 11 is 0. The number of carbonyl (C=O) groups is 5. The van der Waals surface area contributed by atoms with E-state index < -0.39 is 66.2 Å². The molecule has 4 unspecified atom stereocenters. The lowest BCUT2D eigenvalue weighted by Gasteiger charge is -2.27. The number of hydrogen-bond donors (Lipinski definition) is 8. The summed E-state index contributed by atoms with van der Waals surface area (Å²) in [5.74, 6) is -5.24. The molecule has 0 saturated heterocycles. The summed E-state index contributed by atoms with van der Waals surface area (Å²) in [5, 5.41) is 36.7. The number of hydrogen-bond acceptors (Lipinski definition) is 7. The van der Waals surface area contributed by atoms with Gasteiger partial charge < -0.3 is 42.0 Å². The van der Waals surface area contributed by atoms with E-state index in [0.717, 1.165) is 16.5 Å². The molecule has 9 N–H and O–H groups in total. The summed E-state index contributed by atoms with van der Waals surface area (Å²) < 4.78 is 0. The van der Waals surface area contributed by atoms with Crippen molar-refractivity contribution in [2.45, 2.75) is 63.7 Å². The second kappa shape index (κ2) is 14.8. The number of aromatic nitrogens is 1. The molecule has 1 heterocycles. The van der Waals surface area contributed by atoms with Crippen LogP contribution in [0.5, 0.6) is 5.75 Å². The maximum atomic E-state index is 13.3. The number of carboxylic acids is 2. The molecule has 230 valence electrons. The van der Waals surface area contributed by atoms with Crippen molar-refractivity contribution in [2.75, 3.05) is 0 Å². The number of fused-ring (bicyclic) bond motifs is 1. The zero-order valence-corrected chi connectivity index (χ0v) is 23.9. The van der Waals surface area contributed by atoms with Crippen LogP contribution < -0.4 is 21.7 Å². The average molecular weight is 596 g/mol. The average Bonchev–Trinajstić information content (AvgIpc) is 3.36. The number of rotatable bonds is 15. The van der Waals surface area contributed by atoms with Gasteiger partial charge in [0.05, 0.1) is 6.04 Å². The molecule has 2 aromatic carbocycles. The topological polar surface area (TPSA) is 224 Å². The predicted octanol–water partition coefficient (Wildman–Crippen LogP) is 1.05. The third kappa shape index (κ3) is 9.30. The molecule has 0 radical (unpaired) electrons. The summed E-state index contributed by atoms with van der Waals surface area (Å²) in [4.78, 5) is 65.7. The number of nitrogens with one attached hydrogen (secondary N) is 4. The molecular formula is C30H37N5O8. The molecule has 3 amide bonds. The second-order valence-electron chi connectivity index (χ2n) is 10.7. The number of carboxylic acid groups (broad SMARTS) is 2. The number of amides is 3. The monoisotopic (exact) mass is 595 g/mol. The number of H-pyrrole nitrogens is 1. The lowest BCUT2D eigenvalue weighted by Crippen LogP contribution is -2.58. The van der Waals surface area contributed by atoms with Gasteiger partial charge in [0.1, 0.15) is 23.9 Å². The fraction of sp³-hybridized carbons (Fsp3) is 0.367. The van der Waals surface area contributed by atoms with Gasteiger partial charge in [0, 0.05) is 29.9 Å². The SMILES string of the molecule is CC(C)C(NC(=O)C(CCC(=O)O)NC(=O)C(N)Cc1c[nH]c2ccccc12)C(=O)NC(Cc1ccc(O)cc1)C(=O)O. The maximum absolute atomic E-state index is 13.3. The molecule has 3 rings (SSSR count). The van der Waals surface area contributed by atoms with Crippen LogP contribution in [0.4, 0.5) is 0 Å². The molecule has 3 aromatic rings. The van der Waals surface area contributed by atoms with E-state index in [2.05, 4.69) is 20.9 Å². The smallest absolute Gasteiger partial charge is 0.326 e. The minimum absolute atomic E-state index is 0.00529. The number of phenols is 1. The lowest BCUT2D eigenvalue weighted by molar-refractivity contribution is -0.142. The number of phenolic OH excluding ortho intramolecular Hbond substituents is 1. The van der Waals surface area contributed by atoms with Crippen molar-refractivity contribution in [1.82, 2.24) is 20.9 Å². The Hall–Kier alpha value is -4.91. The van der Waals surface area contributed by atoms with Gasteiger partial charge in [-0.1, -0.05) is 44.2 Å². The van der Waals surface area contributed by atoms with Gasteiger partial charge in [-0.2, -0.15) is 0 Å². The van der Waals surface area contributed by atoms with Crippen molar-refractivity contribution >= 4 is 40.6 Å². The van der Waals surface area contributed by atoms with Crippen LogP contribution in [0.15, 0.2) is 54.7 Å². The van der Waals surface area contributed by atoms with Crippen molar-refractivity contribution in [3.05, 3.63) is 65.9 Å². The van der Waals surface area contributed by atoms with Gasteiger partial charge in [0.15, 0.2) is 0 Å². The van der Waals surface area contributed by atoms with Gasteiger partial charge in [0.2, 0.25) is 17.7 Å². The molecule has 1 aromatic heterocycles. The van der Waals surface area contributed by atoms with Crippen LogP contribution in [0.25, 0.3) is 10.9 Å². The molecule has 4 atom stereocenters. The Kier molecular flexibility index (Phi) is 11.2. The van der Waals surface area contributed by atoms with E-state index in [1.807, 2.05) is 24.3 Å². The number of carbonyl (C=O) groups excluding carboxylic acids is 3. The van der Waals surface area contributed by atoms with Crippen molar-refractivity contribution in [2.24, 2.45) is 11.7 Å². The number of para-hydroxylation sites is 1.